The summed E-state index contributed by atoms with van der Waals surface area (Å²) < 4.78 is 15.6. The summed E-state index contributed by atoms with van der Waals surface area (Å²) in [5.41, 5.74) is 0. The molecule has 1 fully saturated rings. The van der Waals surface area contributed by atoms with Crippen LogP contribution in [0.2, 0.25) is 0 Å². The Kier molecular flexibility index (Phi) is 2.26. The summed E-state index contributed by atoms with van der Waals surface area (Å²) in [5, 5.41) is 36.7. The second-order valence-corrected chi connectivity index (χ2v) is 2.59. The standard InChI is InChI=1S/C6H12O6/c1-11-6(10)5(9)4(8)3(7)2-12-6/h3-5,7-10H,2H2,1H3/t3-,4+,5-,6?/m1/s1/i1D. The van der Waals surface area contributed by atoms with E-state index in [0.29, 0.717) is 0 Å². The minimum atomic E-state index is -2.40. The van der Waals surface area contributed by atoms with E-state index < -0.39 is 31.4 Å². The second kappa shape index (κ2) is 3.25. The molecule has 12 heavy (non-hydrogen) atoms. The van der Waals surface area contributed by atoms with Crippen LogP contribution in [0.25, 0.3) is 0 Å². The molecule has 0 aromatic rings. The minimum Gasteiger partial charge on any atom is -0.388 e. The van der Waals surface area contributed by atoms with Gasteiger partial charge in [0.1, 0.15) is 12.2 Å². The van der Waals surface area contributed by atoms with Gasteiger partial charge in [-0.15, -0.1) is 0 Å². The lowest BCUT2D eigenvalue weighted by Crippen LogP contribution is -2.61. The van der Waals surface area contributed by atoms with Gasteiger partial charge in [-0.1, -0.05) is 0 Å². The fourth-order valence-corrected chi connectivity index (χ4v) is 0.942. The first-order valence-electron chi connectivity index (χ1n) is 4.05. The summed E-state index contributed by atoms with van der Waals surface area (Å²) in [7, 11) is -0.629. The third-order valence-electron chi connectivity index (χ3n) is 1.76. The van der Waals surface area contributed by atoms with Crippen molar-refractivity contribution in [3.63, 3.8) is 0 Å². The van der Waals surface area contributed by atoms with Crippen molar-refractivity contribution in [2.45, 2.75) is 24.3 Å². The molecule has 0 amide bonds. The lowest BCUT2D eigenvalue weighted by atomic mass is 10.0. The van der Waals surface area contributed by atoms with Crippen molar-refractivity contribution >= 4 is 0 Å². The van der Waals surface area contributed by atoms with E-state index >= 15 is 0 Å². The zero-order chi connectivity index (χ0) is 10.1. The highest BCUT2D eigenvalue weighted by Gasteiger charge is 2.49. The monoisotopic (exact) mass is 181 g/mol. The molecule has 0 aromatic carbocycles. The van der Waals surface area contributed by atoms with Gasteiger partial charge in [0.05, 0.1) is 7.98 Å². The molecule has 0 aliphatic carbocycles. The maximum absolute atomic E-state index is 9.34. The van der Waals surface area contributed by atoms with E-state index in [1.165, 1.54) is 0 Å². The molecule has 0 aromatic heterocycles. The summed E-state index contributed by atoms with van der Waals surface area (Å²) in [6.07, 6.45) is -4.61. The van der Waals surface area contributed by atoms with Gasteiger partial charge in [0.25, 0.3) is 0 Å². The molecule has 72 valence electrons. The van der Waals surface area contributed by atoms with Gasteiger partial charge >= 0.3 is 5.97 Å². The third-order valence-corrected chi connectivity index (χ3v) is 1.76. The maximum atomic E-state index is 9.34. The molecule has 1 rings (SSSR count). The van der Waals surface area contributed by atoms with Crippen molar-refractivity contribution in [2.24, 2.45) is 0 Å². The van der Waals surface area contributed by atoms with Crippen molar-refractivity contribution in [3.05, 3.63) is 0 Å². The predicted molar refractivity (Wildman–Crippen MR) is 35.9 cm³/mol. The molecule has 1 heterocycles. The summed E-state index contributed by atoms with van der Waals surface area (Å²) in [6.45, 7) is -0.366. The Bertz CT molecular complexity index is 179. The lowest BCUT2D eigenvalue weighted by Gasteiger charge is -2.39. The smallest absolute Gasteiger partial charge is 0.310 e. The third kappa shape index (κ3) is 1.45. The van der Waals surface area contributed by atoms with E-state index in [0.717, 1.165) is 0 Å². The van der Waals surface area contributed by atoms with Gasteiger partial charge < -0.3 is 29.9 Å². The fourth-order valence-electron chi connectivity index (χ4n) is 0.942. The largest absolute Gasteiger partial charge is 0.388 e. The molecular weight excluding hydrogens is 168 g/mol. The van der Waals surface area contributed by atoms with Crippen LogP contribution in [0, 0.1) is 0 Å². The van der Waals surface area contributed by atoms with Gasteiger partial charge in [-0.2, -0.15) is 0 Å². The maximum Gasteiger partial charge on any atom is 0.310 e. The van der Waals surface area contributed by atoms with E-state index in [1.807, 2.05) is 0 Å². The molecule has 1 aliphatic heterocycles. The Morgan fingerprint density at radius 1 is 1.58 bits per heavy atom. The highest BCUT2D eigenvalue weighted by molar-refractivity contribution is 4.86. The van der Waals surface area contributed by atoms with Crippen LogP contribution in [-0.2, 0) is 9.47 Å². The molecule has 0 bridgehead atoms. The predicted octanol–water partition coefficient (Wildman–Crippen LogP) is -2.61. The first kappa shape index (κ1) is 8.36. The van der Waals surface area contributed by atoms with E-state index in [2.05, 4.69) is 9.47 Å². The second-order valence-electron chi connectivity index (χ2n) is 2.59. The zero-order valence-electron chi connectivity index (χ0n) is 7.25. The molecule has 0 radical (unpaired) electrons. The molecule has 4 N–H and O–H groups in total. The van der Waals surface area contributed by atoms with Gasteiger partial charge in [-0.3, -0.25) is 0 Å². The number of aliphatic hydroxyl groups is 4. The van der Waals surface area contributed by atoms with Crippen LogP contribution in [-0.4, -0.2) is 58.4 Å². The average molecular weight is 181 g/mol. The highest BCUT2D eigenvalue weighted by Crippen LogP contribution is 2.23. The molecule has 1 unspecified atom stereocenters. The first-order valence-corrected chi connectivity index (χ1v) is 3.35. The zero-order valence-corrected chi connectivity index (χ0v) is 6.25. The molecule has 0 spiro atoms. The molecule has 0 saturated carbocycles. The summed E-state index contributed by atoms with van der Waals surface area (Å²) >= 11 is 0. The van der Waals surface area contributed by atoms with Gasteiger partial charge in [0.2, 0.25) is 0 Å². The average Bonchev–Trinajstić information content (AvgIpc) is 2.10. The Hall–Kier alpha value is -0.240. The number of ether oxygens (including phenoxy) is 2. The van der Waals surface area contributed by atoms with E-state index in [9.17, 15) is 10.2 Å². The Morgan fingerprint density at radius 3 is 2.83 bits per heavy atom. The Morgan fingerprint density at radius 2 is 2.25 bits per heavy atom. The van der Waals surface area contributed by atoms with Crippen molar-refractivity contribution in [3.8, 4) is 0 Å². The number of rotatable bonds is 1. The van der Waals surface area contributed by atoms with Crippen LogP contribution in [0.15, 0.2) is 0 Å². The number of methoxy groups -OCH3 is 1. The number of hydrogen-bond acceptors (Lipinski definition) is 6. The molecule has 6 nitrogen and oxygen atoms in total. The molecule has 4 atom stereocenters. The minimum absolute atomic E-state index is 0.366. The van der Waals surface area contributed by atoms with E-state index in [-0.39, 0.29) is 6.61 Å². The van der Waals surface area contributed by atoms with E-state index in [4.69, 9.17) is 11.6 Å². The molecule has 6 heteroatoms. The van der Waals surface area contributed by atoms with Crippen molar-refractivity contribution in [1.29, 1.82) is 0 Å². The molecule has 1 saturated heterocycles. The summed E-state index contributed by atoms with van der Waals surface area (Å²) in [4.78, 5) is 0. The lowest BCUT2D eigenvalue weighted by molar-refractivity contribution is -0.423. The van der Waals surface area contributed by atoms with Crippen molar-refractivity contribution in [1.82, 2.24) is 0 Å². The SMILES string of the molecule is [2H]COC1(O)OC[C@@H](O)[C@H](O)[C@H]1O. The van der Waals surface area contributed by atoms with Gasteiger partial charge in [-0.25, -0.2) is 0 Å². The topological polar surface area (TPSA) is 99.4 Å². The molecule has 1 aliphatic rings. The van der Waals surface area contributed by atoms with Gasteiger partial charge in [0, 0.05) is 7.09 Å². The number of aliphatic hydroxyl groups excluding tert-OH is 3. The van der Waals surface area contributed by atoms with E-state index in [1.54, 1.807) is 0 Å². The van der Waals surface area contributed by atoms with Gasteiger partial charge in [-0.05, 0) is 0 Å². The quantitative estimate of drug-likeness (QED) is 0.331. The van der Waals surface area contributed by atoms with Crippen LogP contribution in [0.1, 0.15) is 1.37 Å². The normalized spacial score (nSPS) is 50.3. The van der Waals surface area contributed by atoms with Crippen LogP contribution in [0.5, 0.6) is 0 Å². The Labute approximate surface area is 70.4 Å². The number of hydrogen-bond donors (Lipinski definition) is 4. The van der Waals surface area contributed by atoms with Crippen LogP contribution in [0.3, 0.4) is 0 Å². The van der Waals surface area contributed by atoms with Crippen molar-refractivity contribution in [2.75, 3.05) is 13.7 Å². The van der Waals surface area contributed by atoms with Crippen LogP contribution < -0.4 is 0 Å². The van der Waals surface area contributed by atoms with Crippen LogP contribution in [0.4, 0.5) is 0 Å². The summed E-state index contributed by atoms with van der Waals surface area (Å²) in [6, 6.07) is 0. The molecular formula is C6H12O6. The first-order chi connectivity index (χ1) is 6.01. The summed E-state index contributed by atoms with van der Waals surface area (Å²) in [5.74, 6) is -2.40. The van der Waals surface area contributed by atoms with Crippen LogP contribution >= 0.6 is 0 Å². The van der Waals surface area contributed by atoms with Crippen molar-refractivity contribution < 1.29 is 31.3 Å². The Balaban J connectivity index is 2.67. The fraction of sp³-hybridized carbons (Fsp3) is 1.00. The highest BCUT2D eigenvalue weighted by atomic mass is 16.8. The van der Waals surface area contributed by atoms with Gasteiger partial charge in [0.15, 0.2) is 6.10 Å².